The van der Waals surface area contributed by atoms with E-state index in [2.05, 4.69) is 22.5 Å². The van der Waals surface area contributed by atoms with Gasteiger partial charge in [0.2, 0.25) is 5.91 Å². The van der Waals surface area contributed by atoms with Gasteiger partial charge in [-0.15, -0.1) is 0 Å². The third kappa shape index (κ3) is 5.33. The van der Waals surface area contributed by atoms with E-state index in [1.54, 1.807) is 24.3 Å². The molecule has 1 atom stereocenters. The number of anilines is 1. The summed E-state index contributed by atoms with van der Waals surface area (Å²) in [6, 6.07) is 15.3. The third-order valence-corrected chi connectivity index (χ3v) is 5.19. The van der Waals surface area contributed by atoms with Crippen LogP contribution in [0.3, 0.4) is 0 Å². The number of carbonyl (C=O) groups excluding carboxylic acids is 2. The van der Waals surface area contributed by atoms with Gasteiger partial charge < -0.3 is 10.6 Å². The van der Waals surface area contributed by atoms with E-state index in [0.29, 0.717) is 35.4 Å². The monoisotopic (exact) mass is 399 g/mol. The summed E-state index contributed by atoms with van der Waals surface area (Å²) in [5.41, 5.74) is 2.30. The first kappa shape index (κ1) is 20.4. The molecular weight excluding hydrogens is 374 g/mol. The van der Waals surface area contributed by atoms with Crippen molar-refractivity contribution in [3.8, 4) is 0 Å². The molecule has 2 amide bonds. The molecule has 0 heterocycles. The van der Waals surface area contributed by atoms with E-state index in [0.717, 1.165) is 18.4 Å². The molecule has 1 aliphatic rings. The van der Waals surface area contributed by atoms with Gasteiger partial charge in [0.05, 0.1) is 6.54 Å². The fraction of sp³-hybridized carbons (Fsp3) is 0.364. The lowest BCUT2D eigenvalue weighted by Gasteiger charge is -2.29. The molecular formula is C22H26ClN3O2. The zero-order valence-electron chi connectivity index (χ0n) is 16.2. The number of hydrogen-bond acceptors (Lipinski definition) is 3. The zero-order chi connectivity index (χ0) is 20.1. The summed E-state index contributed by atoms with van der Waals surface area (Å²) in [5.74, 6) is -0.227. The first-order valence-electron chi connectivity index (χ1n) is 9.67. The van der Waals surface area contributed by atoms with Gasteiger partial charge in [-0.3, -0.25) is 14.5 Å². The third-order valence-electron chi connectivity index (χ3n) is 4.94. The lowest BCUT2D eigenvalue weighted by atomic mass is 10.1. The molecule has 28 heavy (non-hydrogen) atoms. The fourth-order valence-electron chi connectivity index (χ4n) is 3.29. The number of halogens is 1. The molecule has 2 aromatic carbocycles. The van der Waals surface area contributed by atoms with Crippen molar-refractivity contribution in [2.75, 3.05) is 18.4 Å². The Balaban J connectivity index is 1.66. The first-order valence-corrected chi connectivity index (χ1v) is 10.0. The minimum atomic E-state index is -0.144. The Morgan fingerprint density at radius 1 is 1.18 bits per heavy atom. The van der Waals surface area contributed by atoms with E-state index < -0.39 is 0 Å². The second-order valence-electron chi connectivity index (χ2n) is 7.12. The van der Waals surface area contributed by atoms with Gasteiger partial charge in [-0.05, 0) is 62.6 Å². The summed E-state index contributed by atoms with van der Waals surface area (Å²) in [4.78, 5) is 26.9. The summed E-state index contributed by atoms with van der Waals surface area (Å²) in [6.45, 7) is 4.86. The number of benzene rings is 2. The van der Waals surface area contributed by atoms with Crippen LogP contribution < -0.4 is 10.6 Å². The van der Waals surface area contributed by atoms with Crippen molar-refractivity contribution >= 4 is 29.1 Å². The van der Waals surface area contributed by atoms with Crippen LogP contribution in [0.5, 0.6) is 0 Å². The first-order chi connectivity index (χ1) is 13.5. The molecule has 148 valence electrons. The van der Waals surface area contributed by atoms with Crippen LogP contribution in [-0.4, -0.2) is 35.8 Å². The number of hydrogen-bond donors (Lipinski definition) is 2. The van der Waals surface area contributed by atoms with Crippen molar-refractivity contribution in [2.45, 2.75) is 38.8 Å². The standard InChI is InChI=1S/C22H26ClN3O2/c1-3-24-22(28)17-5-4-6-19(13-17)25-21(27)14-26(20-11-12-20)15(2)16-7-9-18(23)10-8-16/h4-10,13,15,20H,3,11-12,14H2,1-2H3,(H,24,28)(H,25,27). The van der Waals surface area contributed by atoms with Crippen molar-refractivity contribution in [1.82, 2.24) is 10.2 Å². The minimum Gasteiger partial charge on any atom is -0.352 e. The zero-order valence-corrected chi connectivity index (χ0v) is 17.0. The van der Waals surface area contributed by atoms with Crippen LogP contribution in [0.15, 0.2) is 48.5 Å². The molecule has 0 saturated heterocycles. The predicted molar refractivity (Wildman–Crippen MR) is 113 cm³/mol. The smallest absolute Gasteiger partial charge is 0.251 e. The van der Waals surface area contributed by atoms with E-state index in [4.69, 9.17) is 11.6 Å². The normalized spacial score (nSPS) is 14.6. The molecule has 3 rings (SSSR count). The molecule has 2 aromatic rings. The molecule has 5 nitrogen and oxygen atoms in total. The second kappa shape index (κ2) is 9.22. The van der Waals surface area contributed by atoms with Gasteiger partial charge in [0.1, 0.15) is 0 Å². The summed E-state index contributed by atoms with van der Waals surface area (Å²) in [6.07, 6.45) is 2.22. The molecule has 0 aliphatic heterocycles. The predicted octanol–water partition coefficient (Wildman–Crippen LogP) is 4.25. The molecule has 0 radical (unpaired) electrons. The van der Waals surface area contributed by atoms with Crippen molar-refractivity contribution < 1.29 is 9.59 Å². The summed E-state index contributed by atoms with van der Waals surface area (Å²) >= 11 is 5.99. The van der Waals surface area contributed by atoms with Gasteiger partial charge in [-0.2, -0.15) is 0 Å². The Morgan fingerprint density at radius 3 is 2.54 bits per heavy atom. The highest BCUT2D eigenvalue weighted by atomic mass is 35.5. The highest BCUT2D eigenvalue weighted by Crippen LogP contribution is 2.34. The van der Waals surface area contributed by atoms with E-state index in [9.17, 15) is 9.59 Å². The molecule has 1 aliphatic carbocycles. The van der Waals surface area contributed by atoms with Crippen LogP contribution in [0.1, 0.15) is 48.7 Å². The summed E-state index contributed by atoms with van der Waals surface area (Å²) < 4.78 is 0. The van der Waals surface area contributed by atoms with Gasteiger partial charge in [0.25, 0.3) is 5.91 Å². The lowest BCUT2D eigenvalue weighted by Crippen LogP contribution is -2.37. The Kier molecular flexibility index (Phi) is 6.70. The number of amides is 2. The maximum absolute atomic E-state index is 12.7. The molecule has 1 unspecified atom stereocenters. The van der Waals surface area contributed by atoms with Crippen molar-refractivity contribution in [3.63, 3.8) is 0 Å². The Labute approximate surface area is 171 Å². The van der Waals surface area contributed by atoms with Gasteiger partial charge >= 0.3 is 0 Å². The molecule has 2 N–H and O–H groups in total. The average molecular weight is 400 g/mol. The highest BCUT2D eigenvalue weighted by Gasteiger charge is 2.34. The van der Waals surface area contributed by atoms with Crippen LogP contribution in [0.2, 0.25) is 5.02 Å². The Bertz CT molecular complexity index is 834. The van der Waals surface area contributed by atoms with Gasteiger partial charge in [-0.1, -0.05) is 29.8 Å². The minimum absolute atomic E-state index is 0.0826. The van der Waals surface area contributed by atoms with E-state index in [1.165, 1.54) is 0 Å². The van der Waals surface area contributed by atoms with Crippen LogP contribution in [-0.2, 0) is 4.79 Å². The molecule has 0 aromatic heterocycles. The van der Waals surface area contributed by atoms with Crippen molar-refractivity contribution in [1.29, 1.82) is 0 Å². The van der Waals surface area contributed by atoms with Gasteiger partial charge in [0.15, 0.2) is 0 Å². The fourth-order valence-corrected chi connectivity index (χ4v) is 3.41. The average Bonchev–Trinajstić information content (AvgIpc) is 3.52. The van der Waals surface area contributed by atoms with Crippen molar-refractivity contribution in [2.24, 2.45) is 0 Å². The molecule has 1 fully saturated rings. The van der Waals surface area contributed by atoms with E-state index >= 15 is 0 Å². The number of rotatable bonds is 8. The topological polar surface area (TPSA) is 61.4 Å². The van der Waals surface area contributed by atoms with Crippen LogP contribution >= 0.6 is 11.6 Å². The number of nitrogens with one attached hydrogen (secondary N) is 2. The second-order valence-corrected chi connectivity index (χ2v) is 7.56. The maximum Gasteiger partial charge on any atom is 0.251 e. The van der Waals surface area contributed by atoms with Gasteiger partial charge in [0, 0.05) is 34.9 Å². The van der Waals surface area contributed by atoms with Gasteiger partial charge in [-0.25, -0.2) is 0 Å². The number of nitrogens with zero attached hydrogens (tertiary/aromatic N) is 1. The summed E-state index contributed by atoms with van der Waals surface area (Å²) in [7, 11) is 0. The largest absolute Gasteiger partial charge is 0.352 e. The van der Waals surface area contributed by atoms with Crippen LogP contribution in [0.4, 0.5) is 5.69 Å². The van der Waals surface area contributed by atoms with Crippen molar-refractivity contribution in [3.05, 3.63) is 64.7 Å². The SMILES string of the molecule is CCNC(=O)c1cccc(NC(=O)CN(C2CC2)C(C)c2ccc(Cl)cc2)c1. The Hall–Kier alpha value is -2.37. The molecule has 0 spiro atoms. The highest BCUT2D eigenvalue weighted by molar-refractivity contribution is 6.30. The lowest BCUT2D eigenvalue weighted by molar-refractivity contribution is -0.118. The number of carbonyl (C=O) groups is 2. The van der Waals surface area contributed by atoms with E-state index in [1.807, 2.05) is 31.2 Å². The summed E-state index contributed by atoms with van der Waals surface area (Å²) in [5, 5.41) is 6.40. The molecule has 1 saturated carbocycles. The molecule has 6 heteroatoms. The van der Waals surface area contributed by atoms with Crippen LogP contribution in [0, 0.1) is 0 Å². The quantitative estimate of drug-likeness (QED) is 0.697. The Morgan fingerprint density at radius 2 is 1.89 bits per heavy atom. The van der Waals surface area contributed by atoms with Crippen LogP contribution in [0.25, 0.3) is 0 Å². The maximum atomic E-state index is 12.7. The van der Waals surface area contributed by atoms with E-state index in [-0.39, 0.29) is 17.9 Å². The molecule has 0 bridgehead atoms.